The molecule has 0 aliphatic carbocycles. The fourth-order valence-electron chi connectivity index (χ4n) is 4.18. The minimum atomic E-state index is -0.0569. The van der Waals surface area contributed by atoms with E-state index in [1.807, 2.05) is 11.0 Å². The molecule has 126 valence electrons. The van der Waals surface area contributed by atoms with Crippen LogP contribution in [0.1, 0.15) is 24.8 Å². The standard InChI is InChI=1S/C18H26N2O3/c1-19-9-4-7-18(13-21)8-10-20(12-16(18)19)17(23)11-14-5-2-3-6-15(14)22/h2-3,5-6,16,21-22H,4,7-13H2,1H3/t16-,18-/m1/s1. The van der Waals surface area contributed by atoms with Crippen molar-refractivity contribution in [2.75, 3.05) is 33.3 Å². The van der Waals surface area contributed by atoms with Crippen molar-refractivity contribution >= 4 is 5.91 Å². The molecule has 3 rings (SSSR count). The highest BCUT2D eigenvalue weighted by Crippen LogP contribution is 2.41. The lowest BCUT2D eigenvalue weighted by Crippen LogP contribution is -2.62. The van der Waals surface area contributed by atoms with Crippen LogP contribution in [0.4, 0.5) is 0 Å². The summed E-state index contributed by atoms with van der Waals surface area (Å²) in [7, 11) is 2.09. The largest absolute Gasteiger partial charge is 0.508 e. The number of likely N-dealkylation sites (tertiary alicyclic amines) is 2. The van der Waals surface area contributed by atoms with Gasteiger partial charge in [-0.05, 0) is 38.9 Å². The van der Waals surface area contributed by atoms with Gasteiger partial charge in [0.15, 0.2) is 0 Å². The third-order valence-corrected chi connectivity index (χ3v) is 5.70. The molecule has 2 heterocycles. The summed E-state index contributed by atoms with van der Waals surface area (Å²) in [6.45, 7) is 2.58. The van der Waals surface area contributed by atoms with Crippen LogP contribution in [0.15, 0.2) is 24.3 Å². The van der Waals surface area contributed by atoms with Crippen LogP contribution in [0.3, 0.4) is 0 Å². The number of phenols is 1. The molecule has 2 N–H and O–H groups in total. The molecule has 2 atom stereocenters. The number of fused-ring (bicyclic) bond motifs is 1. The molecule has 1 aromatic rings. The SMILES string of the molecule is CN1CCC[C@]2(CO)CCN(C(=O)Cc3ccccc3O)C[C@@H]12. The maximum Gasteiger partial charge on any atom is 0.227 e. The lowest BCUT2D eigenvalue weighted by atomic mass is 9.69. The number of amides is 1. The first-order valence-corrected chi connectivity index (χ1v) is 8.41. The van der Waals surface area contributed by atoms with Crippen LogP contribution in [0.5, 0.6) is 5.75 Å². The molecule has 0 bridgehead atoms. The van der Waals surface area contributed by atoms with Crippen LogP contribution in [0, 0.1) is 5.41 Å². The van der Waals surface area contributed by atoms with Gasteiger partial charge in [-0.25, -0.2) is 0 Å². The molecular formula is C18H26N2O3. The molecule has 2 fully saturated rings. The second kappa shape index (κ2) is 6.49. The number of aliphatic hydroxyl groups excluding tert-OH is 1. The molecule has 0 spiro atoms. The van der Waals surface area contributed by atoms with E-state index in [0.717, 1.165) is 25.8 Å². The monoisotopic (exact) mass is 318 g/mol. The Bertz CT molecular complexity index is 577. The third kappa shape index (κ3) is 3.08. The van der Waals surface area contributed by atoms with Crippen molar-refractivity contribution < 1.29 is 15.0 Å². The Hall–Kier alpha value is -1.59. The van der Waals surface area contributed by atoms with Crippen LogP contribution in [-0.2, 0) is 11.2 Å². The molecule has 2 aliphatic rings. The zero-order valence-electron chi connectivity index (χ0n) is 13.7. The summed E-state index contributed by atoms with van der Waals surface area (Å²) >= 11 is 0. The number of hydrogen-bond donors (Lipinski definition) is 2. The molecule has 2 aliphatic heterocycles. The molecule has 0 aromatic heterocycles. The Balaban J connectivity index is 1.70. The Morgan fingerprint density at radius 3 is 2.83 bits per heavy atom. The highest BCUT2D eigenvalue weighted by Gasteiger charge is 2.47. The highest BCUT2D eigenvalue weighted by molar-refractivity contribution is 5.79. The summed E-state index contributed by atoms with van der Waals surface area (Å²) in [6.07, 6.45) is 3.24. The lowest BCUT2D eigenvalue weighted by Gasteiger charge is -2.53. The Morgan fingerprint density at radius 2 is 2.09 bits per heavy atom. The van der Waals surface area contributed by atoms with E-state index in [0.29, 0.717) is 18.7 Å². The molecule has 0 unspecified atom stereocenters. The van der Waals surface area contributed by atoms with Crippen molar-refractivity contribution in [2.45, 2.75) is 31.7 Å². The normalized spacial score (nSPS) is 28.4. The summed E-state index contributed by atoms with van der Waals surface area (Å²) in [6, 6.07) is 7.23. The fourth-order valence-corrected chi connectivity index (χ4v) is 4.18. The number of benzene rings is 1. The molecular weight excluding hydrogens is 292 g/mol. The summed E-state index contributed by atoms with van der Waals surface area (Å²) in [5.74, 6) is 0.231. The van der Waals surface area contributed by atoms with Crippen molar-refractivity contribution in [1.29, 1.82) is 0 Å². The zero-order valence-corrected chi connectivity index (χ0v) is 13.7. The van der Waals surface area contributed by atoms with E-state index in [1.165, 1.54) is 0 Å². The van der Waals surface area contributed by atoms with Gasteiger partial charge in [0.05, 0.1) is 13.0 Å². The number of rotatable bonds is 3. The number of aromatic hydroxyl groups is 1. The number of para-hydroxylation sites is 1. The average molecular weight is 318 g/mol. The van der Waals surface area contributed by atoms with E-state index in [4.69, 9.17) is 0 Å². The van der Waals surface area contributed by atoms with Crippen molar-refractivity contribution in [3.63, 3.8) is 0 Å². The first kappa shape index (κ1) is 16.3. The Labute approximate surface area is 137 Å². The number of carbonyl (C=O) groups excluding carboxylic acids is 1. The van der Waals surface area contributed by atoms with Crippen molar-refractivity contribution in [3.8, 4) is 5.75 Å². The van der Waals surface area contributed by atoms with Gasteiger partial charge < -0.3 is 20.0 Å². The smallest absolute Gasteiger partial charge is 0.227 e. The molecule has 5 heteroatoms. The first-order chi connectivity index (χ1) is 11.1. The van der Waals surface area contributed by atoms with Crippen molar-refractivity contribution in [3.05, 3.63) is 29.8 Å². The zero-order chi connectivity index (χ0) is 16.4. The molecule has 2 saturated heterocycles. The van der Waals surface area contributed by atoms with Crippen molar-refractivity contribution in [2.24, 2.45) is 5.41 Å². The van der Waals surface area contributed by atoms with Gasteiger partial charge in [0.25, 0.3) is 0 Å². The predicted molar refractivity (Wildman–Crippen MR) is 88.2 cm³/mol. The van der Waals surface area contributed by atoms with E-state index < -0.39 is 0 Å². The molecule has 1 amide bonds. The van der Waals surface area contributed by atoms with Crippen LogP contribution in [0.2, 0.25) is 0 Å². The highest BCUT2D eigenvalue weighted by atomic mass is 16.3. The van der Waals surface area contributed by atoms with Gasteiger partial charge in [0.2, 0.25) is 5.91 Å². The van der Waals surface area contributed by atoms with Crippen LogP contribution in [0.25, 0.3) is 0 Å². The quantitative estimate of drug-likeness (QED) is 0.880. The summed E-state index contributed by atoms with van der Waals surface area (Å²) in [5.41, 5.74) is 0.618. The predicted octanol–water partition coefficient (Wildman–Crippen LogP) is 1.24. The van der Waals surface area contributed by atoms with E-state index in [1.54, 1.807) is 18.2 Å². The average Bonchev–Trinajstić information content (AvgIpc) is 2.57. The maximum atomic E-state index is 12.6. The first-order valence-electron chi connectivity index (χ1n) is 8.41. The van der Waals surface area contributed by atoms with E-state index in [2.05, 4.69) is 11.9 Å². The minimum Gasteiger partial charge on any atom is -0.508 e. The van der Waals surface area contributed by atoms with Crippen LogP contribution in [-0.4, -0.2) is 65.3 Å². The molecule has 0 saturated carbocycles. The number of aliphatic hydroxyl groups is 1. The number of hydrogen-bond acceptors (Lipinski definition) is 4. The van der Waals surface area contributed by atoms with E-state index in [-0.39, 0.29) is 36.1 Å². The van der Waals surface area contributed by atoms with Gasteiger partial charge in [-0.2, -0.15) is 0 Å². The minimum absolute atomic E-state index is 0.0528. The number of phenolic OH excluding ortho intramolecular Hbond substituents is 1. The van der Waals surface area contributed by atoms with Gasteiger partial charge in [0, 0.05) is 30.1 Å². The summed E-state index contributed by atoms with van der Waals surface area (Å²) in [4.78, 5) is 16.8. The van der Waals surface area contributed by atoms with E-state index in [9.17, 15) is 15.0 Å². The summed E-state index contributed by atoms with van der Waals surface area (Å²) < 4.78 is 0. The topological polar surface area (TPSA) is 64.0 Å². The summed E-state index contributed by atoms with van der Waals surface area (Å²) in [5, 5.41) is 19.8. The molecule has 1 aromatic carbocycles. The van der Waals surface area contributed by atoms with Crippen LogP contribution < -0.4 is 0 Å². The third-order valence-electron chi connectivity index (χ3n) is 5.70. The number of carbonyl (C=O) groups is 1. The van der Waals surface area contributed by atoms with Gasteiger partial charge in [-0.1, -0.05) is 18.2 Å². The lowest BCUT2D eigenvalue weighted by molar-refractivity contribution is -0.139. The Kier molecular flexibility index (Phi) is 4.60. The van der Waals surface area contributed by atoms with Gasteiger partial charge in [-0.3, -0.25) is 4.79 Å². The van der Waals surface area contributed by atoms with Gasteiger partial charge in [0.1, 0.15) is 5.75 Å². The maximum absolute atomic E-state index is 12.6. The van der Waals surface area contributed by atoms with Crippen LogP contribution >= 0.6 is 0 Å². The van der Waals surface area contributed by atoms with Gasteiger partial charge >= 0.3 is 0 Å². The molecule has 5 nitrogen and oxygen atoms in total. The van der Waals surface area contributed by atoms with Crippen molar-refractivity contribution in [1.82, 2.24) is 9.80 Å². The number of piperidine rings is 2. The second-order valence-corrected chi connectivity index (χ2v) is 7.02. The van der Waals surface area contributed by atoms with E-state index >= 15 is 0 Å². The second-order valence-electron chi connectivity index (χ2n) is 7.02. The molecule has 0 radical (unpaired) electrons. The number of nitrogens with zero attached hydrogens (tertiary/aromatic N) is 2. The fraction of sp³-hybridized carbons (Fsp3) is 0.611. The van der Waals surface area contributed by atoms with Gasteiger partial charge in [-0.15, -0.1) is 0 Å². The Morgan fingerprint density at radius 1 is 1.30 bits per heavy atom. The number of likely N-dealkylation sites (N-methyl/N-ethyl adjacent to an activating group) is 1. The molecule has 23 heavy (non-hydrogen) atoms.